The number of benzene rings is 2. The number of alkyl halides is 3. The van der Waals surface area contributed by atoms with Crippen molar-refractivity contribution in [2.45, 2.75) is 6.18 Å². The second kappa shape index (κ2) is 8.13. The fraction of sp³-hybridized carbons (Fsp3) is 0.125. The van der Waals surface area contributed by atoms with Crippen molar-refractivity contribution in [1.82, 2.24) is 0 Å². The molecular weight excluding hydrogens is 407 g/mol. The number of amides is 2. The van der Waals surface area contributed by atoms with Crippen LogP contribution in [0.3, 0.4) is 0 Å². The van der Waals surface area contributed by atoms with Gasteiger partial charge in [0.05, 0.1) is 28.3 Å². The molecule has 0 spiro atoms. The molecule has 2 amide bonds. The molecule has 0 aliphatic rings. The number of nitro groups is 1. The van der Waals surface area contributed by atoms with Gasteiger partial charge < -0.3 is 15.4 Å². The van der Waals surface area contributed by atoms with E-state index < -0.39 is 33.5 Å². The lowest BCUT2D eigenvalue weighted by molar-refractivity contribution is -0.384. The molecule has 0 saturated heterocycles. The number of rotatable bonds is 4. The molecule has 8 nitrogen and oxygen atoms in total. The third kappa shape index (κ3) is 4.88. The Labute approximate surface area is 160 Å². The summed E-state index contributed by atoms with van der Waals surface area (Å²) >= 11 is 5.48. The number of hydrogen-bond donors (Lipinski definition) is 2. The quantitative estimate of drug-likeness (QED) is 0.446. The second-order valence-electron chi connectivity index (χ2n) is 5.24. The monoisotopic (exact) mass is 417 g/mol. The zero-order chi connectivity index (χ0) is 21.1. The average molecular weight is 418 g/mol. The van der Waals surface area contributed by atoms with E-state index in [0.29, 0.717) is 6.07 Å². The summed E-state index contributed by atoms with van der Waals surface area (Å²) in [5, 5.41) is 14.3. The van der Waals surface area contributed by atoms with Gasteiger partial charge in [-0.3, -0.25) is 19.7 Å². The fourth-order valence-corrected chi connectivity index (χ4v) is 2.32. The van der Waals surface area contributed by atoms with E-state index in [1.807, 2.05) is 5.32 Å². The number of anilines is 2. The summed E-state index contributed by atoms with van der Waals surface area (Å²) in [4.78, 5) is 34.1. The first-order valence-electron chi connectivity index (χ1n) is 7.34. The Morgan fingerprint density at radius 1 is 1.11 bits per heavy atom. The van der Waals surface area contributed by atoms with Gasteiger partial charge in [-0.2, -0.15) is 13.2 Å². The highest BCUT2D eigenvalue weighted by Crippen LogP contribution is 2.36. The molecule has 2 aromatic carbocycles. The van der Waals surface area contributed by atoms with Gasteiger partial charge in [0.2, 0.25) is 0 Å². The molecule has 2 aromatic rings. The summed E-state index contributed by atoms with van der Waals surface area (Å²) in [6.45, 7) is 0. The van der Waals surface area contributed by atoms with Gasteiger partial charge in [-0.05, 0) is 24.3 Å². The minimum absolute atomic E-state index is 0.0394. The Hall–Kier alpha value is -3.34. The highest BCUT2D eigenvalue weighted by molar-refractivity contribution is 6.43. The molecule has 0 atom stereocenters. The molecule has 0 aliphatic carbocycles. The van der Waals surface area contributed by atoms with Crippen molar-refractivity contribution in [1.29, 1.82) is 0 Å². The van der Waals surface area contributed by atoms with E-state index in [4.69, 9.17) is 16.3 Å². The van der Waals surface area contributed by atoms with E-state index in [2.05, 4.69) is 5.32 Å². The topological polar surface area (TPSA) is 111 Å². The van der Waals surface area contributed by atoms with E-state index in [0.717, 1.165) is 24.3 Å². The lowest BCUT2D eigenvalue weighted by Crippen LogP contribution is -2.29. The van der Waals surface area contributed by atoms with Crippen LogP contribution in [-0.4, -0.2) is 23.8 Å². The first kappa shape index (κ1) is 21.0. The standard InChI is InChI=1S/C16H11ClF3N3O5/c1-28-13-5-3-9(23(26)27)7-12(13)22-15(25)14(24)21-8-2-4-11(17)10(6-8)16(18,19)20/h2-7H,1H3,(H,21,24)(H,22,25). The molecule has 0 aromatic heterocycles. The third-order valence-electron chi connectivity index (χ3n) is 3.38. The molecule has 148 valence electrons. The Bertz CT molecular complexity index is 950. The number of nitrogens with zero attached hydrogens (tertiary/aromatic N) is 1. The molecule has 0 heterocycles. The van der Waals surface area contributed by atoms with Gasteiger partial charge in [0, 0.05) is 17.8 Å². The number of hydrogen-bond acceptors (Lipinski definition) is 5. The Morgan fingerprint density at radius 2 is 1.75 bits per heavy atom. The van der Waals surface area contributed by atoms with Crippen molar-refractivity contribution in [2.75, 3.05) is 17.7 Å². The van der Waals surface area contributed by atoms with Gasteiger partial charge in [0.1, 0.15) is 5.75 Å². The zero-order valence-electron chi connectivity index (χ0n) is 14.0. The van der Waals surface area contributed by atoms with E-state index in [1.165, 1.54) is 13.2 Å². The van der Waals surface area contributed by atoms with Gasteiger partial charge in [0.25, 0.3) is 5.69 Å². The van der Waals surface area contributed by atoms with E-state index in [1.54, 1.807) is 0 Å². The van der Waals surface area contributed by atoms with Crippen molar-refractivity contribution in [3.8, 4) is 5.75 Å². The first-order chi connectivity index (χ1) is 13.0. The molecular formula is C16H11ClF3N3O5. The zero-order valence-corrected chi connectivity index (χ0v) is 14.7. The Kier molecular flexibility index (Phi) is 6.09. The van der Waals surface area contributed by atoms with Gasteiger partial charge >= 0.3 is 18.0 Å². The maximum absolute atomic E-state index is 12.9. The second-order valence-corrected chi connectivity index (χ2v) is 5.65. The van der Waals surface area contributed by atoms with Crippen LogP contribution in [-0.2, 0) is 15.8 Å². The van der Waals surface area contributed by atoms with Crippen LogP contribution in [0.25, 0.3) is 0 Å². The van der Waals surface area contributed by atoms with Gasteiger partial charge in [0.15, 0.2) is 0 Å². The van der Waals surface area contributed by atoms with Gasteiger partial charge in [-0.1, -0.05) is 11.6 Å². The average Bonchev–Trinajstić information content (AvgIpc) is 2.62. The predicted octanol–water partition coefficient (Wildman–Crippen LogP) is 3.85. The van der Waals surface area contributed by atoms with Crippen LogP contribution >= 0.6 is 11.6 Å². The Morgan fingerprint density at radius 3 is 2.32 bits per heavy atom. The van der Waals surface area contributed by atoms with Crippen LogP contribution in [0.5, 0.6) is 5.75 Å². The number of non-ortho nitro benzene ring substituents is 1. The summed E-state index contributed by atoms with van der Waals surface area (Å²) in [7, 11) is 1.24. The van der Waals surface area contributed by atoms with E-state index >= 15 is 0 Å². The van der Waals surface area contributed by atoms with E-state index in [-0.39, 0.29) is 22.8 Å². The molecule has 28 heavy (non-hydrogen) atoms. The molecule has 0 aliphatic heterocycles. The summed E-state index contributed by atoms with van der Waals surface area (Å²) in [5.41, 5.74) is -2.04. The van der Waals surface area contributed by atoms with Crippen LogP contribution in [0.15, 0.2) is 36.4 Å². The number of methoxy groups -OCH3 is 1. The van der Waals surface area contributed by atoms with Gasteiger partial charge in [-0.25, -0.2) is 0 Å². The molecule has 0 saturated carbocycles. The highest BCUT2D eigenvalue weighted by Gasteiger charge is 2.33. The molecule has 2 rings (SSSR count). The predicted molar refractivity (Wildman–Crippen MR) is 93.4 cm³/mol. The minimum atomic E-state index is -4.75. The number of nitrogens with one attached hydrogen (secondary N) is 2. The Balaban J connectivity index is 2.19. The van der Waals surface area contributed by atoms with Crippen LogP contribution in [0, 0.1) is 10.1 Å². The lowest BCUT2D eigenvalue weighted by atomic mass is 10.2. The number of carbonyl (C=O) groups excluding carboxylic acids is 2. The fourth-order valence-electron chi connectivity index (χ4n) is 2.09. The minimum Gasteiger partial charge on any atom is -0.495 e. The van der Waals surface area contributed by atoms with Crippen molar-refractivity contribution in [3.05, 3.63) is 57.1 Å². The van der Waals surface area contributed by atoms with E-state index in [9.17, 15) is 32.9 Å². The first-order valence-corrected chi connectivity index (χ1v) is 7.72. The van der Waals surface area contributed by atoms with Crippen molar-refractivity contribution >= 4 is 40.5 Å². The van der Waals surface area contributed by atoms with Crippen LogP contribution in [0.4, 0.5) is 30.2 Å². The van der Waals surface area contributed by atoms with Crippen LogP contribution in [0.2, 0.25) is 5.02 Å². The number of carbonyl (C=O) groups is 2. The molecule has 0 fully saturated rings. The third-order valence-corrected chi connectivity index (χ3v) is 3.71. The molecule has 0 unspecified atom stereocenters. The maximum Gasteiger partial charge on any atom is 0.417 e. The van der Waals surface area contributed by atoms with Crippen LogP contribution in [0.1, 0.15) is 5.56 Å². The summed E-state index contributed by atoms with van der Waals surface area (Å²) in [6.07, 6.45) is -4.75. The molecule has 0 bridgehead atoms. The van der Waals surface area contributed by atoms with Crippen molar-refractivity contribution in [2.24, 2.45) is 0 Å². The SMILES string of the molecule is COc1ccc([N+](=O)[O-])cc1NC(=O)C(=O)Nc1ccc(Cl)c(C(F)(F)F)c1. The lowest BCUT2D eigenvalue weighted by Gasteiger charge is -2.12. The van der Waals surface area contributed by atoms with Crippen molar-refractivity contribution in [3.63, 3.8) is 0 Å². The molecule has 12 heteroatoms. The number of ether oxygens (including phenoxy) is 1. The summed E-state index contributed by atoms with van der Waals surface area (Å²) < 4.78 is 43.5. The molecule has 0 radical (unpaired) electrons. The normalized spacial score (nSPS) is 10.9. The maximum atomic E-state index is 12.9. The largest absolute Gasteiger partial charge is 0.495 e. The summed E-state index contributed by atoms with van der Waals surface area (Å²) in [5.74, 6) is -2.54. The van der Waals surface area contributed by atoms with Crippen LogP contribution < -0.4 is 15.4 Å². The highest BCUT2D eigenvalue weighted by atomic mass is 35.5. The number of halogens is 4. The smallest absolute Gasteiger partial charge is 0.417 e. The van der Waals surface area contributed by atoms with Gasteiger partial charge in [-0.15, -0.1) is 0 Å². The van der Waals surface area contributed by atoms with Crippen molar-refractivity contribution < 1.29 is 32.4 Å². The summed E-state index contributed by atoms with van der Waals surface area (Å²) in [6, 6.07) is 5.87. The molecule has 2 N–H and O–H groups in total. The number of nitro benzene ring substituents is 1.